The topological polar surface area (TPSA) is 26.3 Å². The zero-order chi connectivity index (χ0) is 16.3. The Balaban J connectivity index is 3.01. The van der Waals surface area contributed by atoms with E-state index in [1.54, 1.807) is 0 Å². The first-order valence-electron chi connectivity index (χ1n) is 9.54. The molecule has 0 rings (SSSR count). The van der Waals surface area contributed by atoms with Crippen LogP contribution in [0.15, 0.2) is 0 Å². The Bertz CT molecular complexity index is 231. The van der Waals surface area contributed by atoms with Gasteiger partial charge in [-0.1, -0.05) is 64.7 Å². The number of ether oxygens (including phenoxy) is 1. The van der Waals surface area contributed by atoms with Gasteiger partial charge in [0.1, 0.15) is 0 Å². The molecule has 0 atom stereocenters. The minimum absolute atomic E-state index is 0.0396. The molecule has 22 heavy (non-hydrogen) atoms. The Labute approximate surface area is 143 Å². The van der Waals surface area contributed by atoms with E-state index in [1.807, 2.05) is 18.7 Å². The van der Waals surface area contributed by atoms with Crippen LogP contribution in [-0.2, 0) is 9.53 Å². The summed E-state index contributed by atoms with van der Waals surface area (Å²) >= 11 is 2.04. The van der Waals surface area contributed by atoms with Gasteiger partial charge in [-0.2, -0.15) is 11.8 Å². The first-order valence-corrected chi connectivity index (χ1v) is 10.7. The molecular formula is C19H38O2S. The van der Waals surface area contributed by atoms with E-state index < -0.39 is 0 Å². The Kier molecular flexibility index (Phi) is 18.7. The van der Waals surface area contributed by atoms with Crippen LogP contribution in [0, 0.1) is 0 Å². The molecule has 0 aromatic rings. The predicted octanol–water partition coefficient (Wildman–Crippen LogP) is 6.37. The summed E-state index contributed by atoms with van der Waals surface area (Å²) in [6.45, 7) is 4.64. The van der Waals surface area contributed by atoms with Crippen LogP contribution in [-0.4, -0.2) is 24.1 Å². The highest BCUT2D eigenvalue weighted by Crippen LogP contribution is 2.13. The van der Waals surface area contributed by atoms with Crippen molar-refractivity contribution in [2.75, 3.05) is 18.1 Å². The molecule has 0 unspecified atom stereocenters. The third kappa shape index (κ3) is 17.9. The molecule has 2 nitrogen and oxygen atoms in total. The van der Waals surface area contributed by atoms with Gasteiger partial charge < -0.3 is 4.74 Å². The van der Waals surface area contributed by atoms with E-state index in [1.165, 1.54) is 75.7 Å². The van der Waals surface area contributed by atoms with Crippen molar-refractivity contribution in [1.82, 2.24) is 0 Å². The van der Waals surface area contributed by atoms with Gasteiger partial charge >= 0.3 is 5.97 Å². The fourth-order valence-electron chi connectivity index (χ4n) is 2.50. The summed E-state index contributed by atoms with van der Waals surface area (Å²) in [7, 11) is 0. The molecule has 0 aliphatic rings. The molecule has 0 saturated carbocycles. The van der Waals surface area contributed by atoms with Crippen LogP contribution in [0.5, 0.6) is 0 Å². The SMILES string of the molecule is CCCCCCCCCCCCSCCCCC(=O)OCC. The normalized spacial score (nSPS) is 10.8. The summed E-state index contributed by atoms with van der Waals surface area (Å²) in [5, 5.41) is 0. The van der Waals surface area contributed by atoms with Crippen molar-refractivity contribution >= 4 is 17.7 Å². The van der Waals surface area contributed by atoms with Gasteiger partial charge in [0.25, 0.3) is 0 Å². The minimum Gasteiger partial charge on any atom is -0.466 e. The maximum absolute atomic E-state index is 11.1. The lowest BCUT2D eigenvalue weighted by Crippen LogP contribution is -2.03. The fourth-order valence-corrected chi connectivity index (χ4v) is 3.52. The zero-order valence-corrected chi connectivity index (χ0v) is 15.9. The monoisotopic (exact) mass is 330 g/mol. The minimum atomic E-state index is -0.0396. The third-order valence-electron chi connectivity index (χ3n) is 3.87. The highest BCUT2D eigenvalue weighted by molar-refractivity contribution is 7.99. The van der Waals surface area contributed by atoms with Crippen LogP contribution in [0.1, 0.15) is 97.3 Å². The first kappa shape index (κ1) is 21.8. The Morgan fingerprint density at radius 2 is 1.23 bits per heavy atom. The van der Waals surface area contributed by atoms with E-state index in [2.05, 4.69) is 6.92 Å². The summed E-state index contributed by atoms with van der Waals surface area (Å²) in [4.78, 5) is 11.1. The molecule has 0 radical (unpaired) electrons. The average molecular weight is 331 g/mol. The van der Waals surface area contributed by atoms with Crippen molar-refractivity contribution in [1.29, 1.82) is 0 Å². The standard InChI is InChI=1S/C19H38O2S/c1-3-5-6-7-8-9-10-11-12-14-17-22-18-15-13-16-19(20)21-4-2/h3-18H2,1-2H3. The van der Waals surface area contributed by atoms with Crippen molar-refractivity contribution in [3.63, 3.8) is 0 Å². The van der Waals surface area contributed by atoms with Gasteiger partial charge in [-0.15, -0.1) is 0 Å². The molecule has 0 spiro atoms. The largest absolute Gasteiger partial charge is 0.466 e. The van der Waals surface area contributed by atoms with Gasteiger partial charge in [0.2, 0.25) is 0 Å². The van der Waals surface area contributed by atoms with E-state index in [0.717, 1.165) is 12.8 Å². The lowest BCUT2D eigenvalue weighted by Gasteiger charge is -2.03. The second kappa shape index (κ2) is 18.9. The molecule has 132 valence electrons. The molecule has 0 bridgehead atoms. The molecule has 0 N–H and O–H groups in total. The van der Waals surface area contributed by atoms with Crippen molar-refractivity contribution in [2.45, 2.75) is 97.3 Å². The molecule has 0 aromatic carbocycles. The summed E-state index contributed by atoms with van der Waals surface area (Å²) in [6, 6.07) is 0. The smallest absolute Gasteiger partial charge is 0.305 e. The number of rotatable bonds is 17. The summed E-state index contributed by atoms with van der Waals surface area (Å²) in [6.07, 6.45) is 16.8. The van der Waals surface area contributed by atoms with E-state index >= 15 is 0 Å². The number of hydrogen-bond donors (Lipinski definition) is 0. The van der Waals surface area contributed by atoms with E-state index in [9.17, 15) is 4.79 Å². The molecule has 0 aliphatic heterocycles. The summed E-state index contributed by atoms with van der Waals surface area (Å²) in [5.74, 6) is 2.44. The number of carbonyl (C=O) groups is 1. The van der Waals surface area contributed by atoms with E-state index in [-0.39, 0.29) is 5.97 Å². The maximum Gasteiger partial charge on any atom is 0.305 e. The van der Waals surface area contributed by atoms with Crippen molar-refractivity contribution in [2.24, 2.45) is 0 Å². The van der Waals surface area contributed by atoms with Gasteiger partial charge in [0.05, 0.1) is 6.61 Å². The molecular weight excluding hydrogens is 292 g/mol. The highest BCUT2D eigenvalue weighted by atomic mass is 32.2. The Morgan fingerprint density at radius 1 is 0.727 bits per heavy atom. The number of carbonyl (C=O) groups excluding carboxylic acids is 1. The van der Waals surface area contributed by atoms with Crippen LogP contribution in [0.3, 0.4) is 0 Å². The van der Waals surface area contributed by atoms with Crippen LogP contribution in [0.4, 0.5) is 0 Å². The quantitative estimate of drug-likeness (QED) is 0.229. The first-order chi connectivity index (χ1) is 10.8. The molecule has 0 saturated heterocycles. The molecule has 0 aromatic heterocycles. The maximum atomic E-state index is 11.1. The van der Waals surface area contributed by atoms with Crippen LogP contribution in [0.2, 0.25) is 0 Å². The predicted molar refractivity (Wildman–Crippen MR) is 99.7 cm³/mol. The molecule has 0 amide bonds. The van der Waals surface area contributed by atoms with E-state index in [4.69, 9.17) is 4.74 Å². The van der Waals surface area contributed by atoms with Gasteiger partial charge in [-0.25, -0.2) is 0 Å². The Hall–Kier alpha value is -0.180. The van der Waals surface area contributed by atoms with Gasteiger partial charge in [0.15, 0.2) is 0 Å². The van der Waals surface area contributed by atoms with Crippen LogP contribution in [0.25, 0.3) is 0 Å². The van der Waals surface area contributed by atoms with Crippen LogP contribution < -0.4 is 0 Å². The summed E-state index contributed by atoms with van der Waals surface area (Å²) in [5.41, 5.74) is 0. The second-order valence-electron chi connectivity index (χ2n) is 6.06. The number of unbranched alkanes of at least 4 members (excludes halogenated alkanes) is 10. The Morgan fingerprint density at radius 3 is 1.77 bits per heavy atom. The lowest BCUT2D eigenvalue weighted by atomic mass is 10.1. The molecule has 0 heterocycles. The highest BCUT2D eigenvalue weighted by Gasteiger charge is 2.00. The zero-order valence-electron chi connectivity index (χ0n) is 15.0. The lowest BCUT2D eigenvalue weighted by molar-refractivity contribution is -0.143. The average Bonchev–Trinajstić information content (AvgIpc) is 2.51. The second-order valence-corrected chi connectivity index (χ2v) is 7.28. The molecule has 3 heteroatoms. The van der Waals surface area contributed by atoms with E-state index in [0.29, 0.717) is 13.0 Å². The number of thioether (sulfide) groups is 1. The third-order valence-corrected chi connectivity index (χ3v) is 5.02. The summed E-state index contributed by atoms with van der Waals surface area (Å²) < 4.78 is 4.92. The van der Waals surface area contributed by atoms with Gasteiger partial charge in [-0.3, -0.25) is 4.79 Å². The number of hydrogen-bond acceptors (Lipinski definition) is 3. The van der Waals surface area contributed by atoms with Gasteiger partial charge in [-0.05, 0) is 37.7 Å². The van der Waals surface area contributed by atoms with Crippen molar-refractivity contribution < 1.29 is 9.53 Å². The van der Waals surface area contributed by atoms with Crippen molar-refractivity contribution in [3.8, 4) is 0 Å². The molecule has 0 aliphatic carbocycles. The van der Waals surface area contributed by atoms with Crippen LogP contribution >= 0.6 is 11.8 Å². The fraction of sp³-hybridized carbons (Fsp3) is 0.947. The number of esters is 1. The molecule has 0 fully saturated rings. The van der Waals surface area contributed by atoms with Crippen molar-refractivity contribution in [3.05, 3.63) is 0 Å². The van der Waals surface area contributed by atoms with Gasteiger partial charge in [0, 0.05) is 6.42 Å².